The predicted molar refractivity (Wildman–Crippen MR) is 108 cm³/mol. The van der Waals surface area contributed by atoms with Crippen LogP contribution in [0.4, 0.5) is 4.79 Å². The maximum Gasteiger partial charge on any atom is 0.294 e. The van der Waals surface area contributed by atoms with Crippen molar-refractivity contribution >= 4 is 46.5 Å². The molecule has 3 amide bonds. The summed E-state index contributed by atoms with van der Waals surface area (Å²) < 4.78 is 10.8. The van der Waals surface area contributed by atoms with E-state index in [9.17, 15) is 14.4 Å². The zero-order valence-electron chi connectivity index (χ0n) is 15.7. The first-order valence-corrected chi connectivity index (χ1v) is 10.2. The summed E-state index contributed by atoms with van der Waals surface area (Å²) in [7, 11) is 1.49. The summed E-state index contributed by atoms with van der Waals surface area (Å²) in [4.78, 5) is 40.1. The number of nitrogens with zero attached hydrogens (tertiary/aromatic N) is 2. The summed E-state index contributed by atoms with van der Waals surface area (Å²) in [5.74, 6) is 0.178. The van der Waals surface area contributed by atoms with Crippen molar-refractivity contribution in [2.75, 3.05) is 33.4 Å². The minimum absolute atomic E-state index is 0.202. The highest BCUT2D eigenvalue weighted by atomic mass is 35.5. The Kier molecular flexibility index (Phi) is 6.51. The molecule has 1 aromatic carbocycles. The highest BCUT2D eigenvalue weighted by Crippen LogP contribution is 2.38. The Hall–Kier alpha value is -2.19. The minimum Gasteiger partial charge on any atom is -0.491 e. The molecule has 2 heterocycles. The number of carbonyl (C=O) groups is 3. The minimum atomic E-state index is -0.479. The number of hydrogen-bond acceptors (Lipinski definition) is 6. The van der Waals surface area contributed by atoms with Crippen LogP contribution >= 0.6 is 23.4 Å². The van der Waals surface area contributed by atoms with Crippen molar-refractivity contribution in [3.63, 3.8) is 0 Å². The quantitative estimate of drug-likeness (QED) is 0.651. The number of thioether (sulfide) groups is 1. The summed E-state index contributed by atoms with van der Waals surface area (Å²) in [5, 5.41) is -0.114. The second-order valence-corrected chi connectivity index (χ2v) is 7.72. The molecule has 0 aromatic heterocycles. The fraction of sp³-hybridized carbons (Fsp3) is 0.421. The Labute approximate surface area is 172 Å². The molecule has 0 unspecified atom stereocenters. The largest absolute Gasteiger partial charge is 0.491 e. The molecule has 0 bridgehead atoms. The Morgan fingerprint density at radius 2 is 2.00 bits per heavy atom. The molecule has 0 spiro atoms. The number of benzene rings is 1. The predicted octanol–water partition coefficient (Wildman–Crippen LogP) is 3.41. The summed E-state index contributed by atoms with van der Waals surface area (Å²) in [5.41, 5.74) is 0.602. The number of hydrogen-bond donors (Lipinski definition) is 0. The lowest BCUT2D eigenvalue weighted by molar-refractivity contribution is -0.135. The molecule has 9 heteroatoms. The van der Waals surface area contributed by atoms with Crippen molar-refractivity contribution in [1.29, 1.82) is 0 Å². The number of likely N-dealkylation sites (tertiary alicyclic amines) is 1. The Morgan fingerprint density at radius 3 is 2.64 bits per heavy atom. The molecule has 0 saturated carbocycles. The van der Waals surface area contributed by atoms with E-state index in [4.69, 9.17) is 21.1 Å². The smallest absolute Gasteiger partial charge is 0.294 e. The molecule has 3 rings (SSSR count). The van der Waals surface area contributed by atoms with Crippen LogP contribution in [0.25, 0.3) is 6.08 Å². The number of carbonyl (C=O) groups excluding carboxylic acids is 3. The van der Waals surface area contributed by atoms with Gasteiger partial charge in [-0.2, -0.15) is 0 Å². The van der Waals surface area contributed by atoms with Gasteiger partial charge in [-0.1, -0.05) is 11.6 Å². The maximum absolute atomic E-state index is 12.6. The monoisotopic (exact) mass is 424 g/mol. The van der Waals surface area contributed by atoms with Crippen LogP contribution in [0.3, 0.4) is 0 Å². The average molecular weight is 425 g/mol. The van der Waals surface area contributed by atoms with Crippen molar-refractivity contribution in [1.82, 2.24) is 9.80 Å². The van der Waals surface area contributed by atoms with Crippen molar-refractivity contribution in [2.45, 2.75) is 19.8 Å². The molecule has 0 atom stereocenters. The maximum atomic E-state index is 12.6. The van der Waals surface area contributed by atoms with E-state index >= 15 is 0 Å². The van der Waals surface area contributed by atoms with Crippen LogP contribution < -0.4 is 9.47 Å². The molecule has 150 valence electrons. The SMILES string of the molecule is CCOc1cc(/C=C2/SC(=O)N(CC(=O)N3CCCC3)C2=O)cc(Cl)c1OC. The van der Waals surface area contributed by atoms with Gasteiger partial charge in [0.15, 0.2) is 11.5 Å². The normalized spacial score (nSPS) is 18.3. The lowest BCUT2D eigenvalue weighted by Gasteiger charge is -2.18. The summed E-state index contributed by atoms with van der Waals surface area (Å²) >= 11 is 7.05. The van der Waals surface area contributed by atoms with E-state index in [1.165, 1.54) is 7.11 Å². The molecular formula is C19H21ClN2O5S. The molecule has 0 N–H and O–H groups in total. The van der Waals surface area contributed by atoms with Crippen molar-refractivity contribution in [3.05, 3.63) is 27.6 Å². The molecule has 2 fully saturated rings. The third kappa shape index (κ3) is 4.28. The van der Waals surface area contributed by atoms with Gasteiger partial charge in [0.25, 0.3) is 11.1 Å². The second kappa shape index (κ2) is 8.87. The fourth-order valence-corrected chi connectivity index (χ4v) is 4.26. The molecule has 7 nitrogen and oxygen atoms in total. The van der Waals surface area contributed by atoms with E-state index < -0.39 is 11.1 Å². The first kappa shape index (κ1) is 20.5. The molecule has 28 heavy (non-hydrogen) atoms. The van der Waals surface area contributed by atoms with Gasteiger partial charge in [0, 0.05) is 13.1 Å². The van der Waals surface area contributed by atoms with Gasteiger partial charge >= 0.3 is 0 Å². The topological polar surface area (TPSA) is 76.2 Å². The van der Waals surface area contributed by atoms with E-state index in [-0.39, 0.29) is 17.4 Å². The van der Waals surface area contributed by atoms with Crippen molar-refractivity contribution in [2.24, 2.45) is 0 Å². The molecule has 2 aliphatic heterocycles. The van der Waals surface area contributed by atoms with Crippen LogP contribution in [0.5, 0.6) is 11.5 Å². The first-order valence-electron chi connectivity index (χ1n) is 8.98. The number of rotatable bonds is 6. The number of ether oxygens (including phenoxy) is 2. The van der Waals surface area contributed by atoms with Gasteiger partial charge in [-0.25, -0.2) is 0 Å². The van der Waals surface area contributed by atoms with Gasteiger partial charge in [0.05, 0.1) is 23.6 Å². The molecule has 0 radical (unpaired) electrons. The van der Waals surface area contributed by atoms with Crippen LogP contribution in [0.2, 0.25) is 5.02 Å². The van der Waals surface area contributed by atoms with E-state index in [1.54, 1.807) is 23.1 Å². The standard InChI is InChI=1S/C19H21ClN2O5S/c1-3-27-14-9-12(8-13(20)17(14)26-2)10-15-18(24)22(19(25)28-15)11-16(23)21-6-4-5-7-21/h8-10H,3-7,11H2,1-2H3/b15-10+. The van der Waals surface area contributed by atoms with Crippen molar-refractivity contribution < 1.29 is 23.9 Å². The van der Waals surface area contributed by atoms with Crippen LogP contribution in [0, 0.1) is 0 Å². The van der Waals surface area contributed by atoms with Gasteiger partial charge in [-0.15, -0.1) is 0 Å². The number of halogens is 1. The van der Waals surface area contributed by atoms with Gasteiger partial charge in [0.1, 0.15) is 6.54 Å². The van der Waals surface area contributed by atoms with Crippen LogP contribution in [-0.4, -0.2) is 60.2 Å². The highest BCUT2D eigenvalue weighted by Gasteiger charge is 2.37. The fourth-order valence-electron chi connectivity index (χ4n) is 3.12. The molecular weight excluding hydrogens is 404 g/mol. The summed E-state index contributed by atoms with van der Waals surface area (Å²) in [6, 6.07) is 3.32. The highest BCUT2D eigenvalue weighted by molar-refractivity contribution is 8.18. The van der Waals surface area contributed by atoms with Gasteiger partial charge in [-0.05, 0) is 55.3 Å². The third-order valence-electron chi connectivity index (χ3n) is 4.46. The Balaban J connectivity index is 1.80. The summed E-state index contributed by atoms with van der Waals surface area (Å²) in [6.07, 6.45) is 3.47. The second-order valence-electron chi connectivity index (χ2n) is 6.32. The van der Waals surface area contributed by atoms with Crippen LogP contribution in [0.1, 0.15) is 25.3 Å². The lowest BCUT2D eigenvalue weighted by Crippen LogP contribution is -2.40. The zero-order chi connectivity index (χ0) is 20.3. The van der Waals surface area contributed by atoms with Gasteiger partial charge < -0.3 is 14.4 Å². The average Bonchev–Trinajstić information content (AvgIpc) is 3.27. The zero-order valence-corrected chi connectivity index (χ0v) is 17.3. The Morgan fingerprint density at radius 1 is 1.29 bits per heavy atom. The van der Waals surface area contributed by atoms with Crippen LogP contribution in [-0.2, 0) is 9.59 Å². The van der Waals surface area contributed by atoms with Gasteiger partial charge in [0.2, 0.25) is 5.91 Å². The van der Waals surface area contributed by atoms with E-state index in [1.807, 2.05) is 6.92 Å². The first-order chi connectivity index (χ1) is 13.4. The van der Waals surface area contributed by atoms with Crippen molar-refractivity contribution in [3.8, 4) is 11.5 Å². The lowest BCUT2D eigenvalue weighted by atomic mass is 10.1. The molecule has 2 saturated heterocycles. The molecule has 1 aromatic rings. The third-order valence-corrected chi connectivity index (χ3v) is 5.65. The van der Waals surface area contributed by atoms with E-state index in [0.717, 1.165) is 29.5 Å². The van der Waals surface area contributed by atoms with Crippen LogP contribution in [0.15, 0.2) is 17.0 Å². The molecule has 0 aliphatic carbocycles. The number of methoxy groups -OCH3 is 1. The number of imide groups is 1. The Bertz CT molecular complexity index is 836. The van der Waals surface area contributed by atoms with E-state index in [0.29, 0.717) is 41.8 Å². The molecule has 2 aliphatic rings. The number of amides is 3. The van der Waals surface area contributed by atoms with E-state index in [2.05, 4.69) is 0 Å². The van der Waals surface area contributed by atoms with Gasteiger partial charge in [-0.3, -0.25) is 19.3 Å². The summed E-state index contributed by atoms with van der Waals surface area (Å²) in [6.45, 7) is 3.38.